The van der Waals surface area contributed by atoms with E-state index < -0.39 is 22.2 Å². The average molecular weight is 318 g/mol. The van der Waals surface area contributed by atoms with Gasteiger partial charge in [0, 0.05) is 41.9 Å². The van der Waals surface area contributed by atoms with Crippen LogP contribution in [-0.4, -0.2) is 57.4 Å². The maximum atomic E-state index is 12.1. The molecule has 0 aliphatic carbocycles. The van der Waals surface area contributed by atoms with Crippen molar-refractivity contribution in [1.82, 2.24) is 10.2 Å². The lowest BCUT2D eigenvalue weighted by atomic mass is 9.75. The first-order chi connectivity index (χ1) is 9.80. The Hall–Kier alpha value is -1.11. The first kappa shape index (κ1) is 17.9. The summed E-state index contributed by atoms with van der Waals surface area (Å²) >= 11 is 0. The molecular formula is C14H26N2O4S. The van der Waals surface area contributed by atoms with Crippen molar-refractivity contribution in [2.45, 2.75) is 45.6 Å². The second kappa shape index (κ2) is 7.77. The number of piperidine rings is 1. The highest BCUT2D eigenvalue weighted by Gasteiger charge is 2.41. The Balaban J connectivity index is 2.53. The normalized spacial score (nSPS) is 20.6. The molecule has 21 heavy (non-hydrogen) atoms. The zero-order valence-corrected chi connectivity index (χ0v) is 13.9. The van der Waals surface area contributed by atoms with Crippen molar-refractivity contribution in [3.05, 3.63) is 0 Å². The molecule has 1 fully saturated rings. The minimum absolute atomic E-state index is 0.148. The minimum atomic E-state index is -0.949. The van der Waals surface area contributed by atoms with E-state index in [2.05, 4.69) is 5.32 Å². The molecule has 1 saturated heterocycles. The highest BCUT2D eigenvalue weighted by molar-refractivity contribution is 7.84. The van der Waals surface area contributed by atoms with E-state index >= 15 is 0 Å². The number of nitrogens with zero attached hydrogens (tertiary/aromatic N) is 1. The Bertz CT molecular complexity index is 406. The number of hydrogen-bond donors (Lipinski definition) is 2. The largest absolute Gasteiger partial charge is 0.481 e. The summed E-state index contributed by atoms with van der Waals surface area (Å²) in [6, 6.07) is -0.339. The van der Waals surface area contributed by atoms with Gasteiger partial charge in [-0.1, -0.05) is 13.3 Å². The molecule has 0 spiro atoms. The number of carboxylic acids is 1. The van der Waals surface area contributed by atoms with Crippen molar-refractivity contribution in [2.75, 3.05) is 25.1 Å². The fourth-order valence-corrected chi connectivity index (χ4v) is 3.67. The van der Waals surface area contributed by atoms with Crippen molar-refractivity contribution in [3.63, 3.8) is 0 Å². The lowest BCUT2D eigenvalue weighted by Crippen LogP contribution is -2.51. The number of urea groups is 1. The summed E-state index contributed by atoms with van der Waals surface area (Å²) in [5, 5.41) is 12.3. The number of likely N-dealkylation sites (tertiary alicyclic amines) is 1. The molecule has 0 aromatic heterocycles. The Labute approximate surface area is 128 Å². The van der Waals surface area contributed by atoms with Crippen LogP contribution in [0.5, 0.6) is 0 Å². The van der Waals surface area contributed by atoms with Crippen LogP contribution in [0.3, 0.4) is 0 Å². The minimum Gasteiger partial charge on any atom is -0.481 e. The molecule has 1 aliphatic heterocycles. The van der Waals surface area contributed by atoms with E-state index in [0.717, 1.165) is 6.42 Å². The molecule has 0 aromatic rings. The number of carboxylic acid groups (broad SMARTS) is 1. The van der Waals surface area contributed by atoms with Crippen molar-refractivity contribution in [1.29, 1.82) is 0 Å². The monoisotopic (exact) mass is 318 g/mol. The van der Waals surface area contributed by atoms with Crippen molar-refractivity contribution in [2.24, 2.45) is 5.41 Å². The maximum absolute atomic E-state index is 12.1. The molecule has 2 N–H and O–H groups in total. The molecule has 6 nitrogen and oxygen atoms in total. The SMILES string of the molecule is CCCC1(C(=O)O)CCN(C(=O)NC(C)CS(C)=O)CC1. The van der Waals surface area contributed by atoms with E-state index in [9.17, 15) is 18.9 Å². The maximum Gasteiger partial charge on any atom is 0.317 e. The van der Waals surface area contributed by atoms with E-state index in [1.54, 1.807) is 11.2 Å². The number of rotatable bonds is 6. The van der Waals surface area contributed by atoms with Crippen LogP contribution >= 0.6 is 0 Å². The summed E-state index contributed by atoms with van der Waals surface area (Å²) in [5.74, 6) is -0.326. The quantitative estimate of drug-likeness (QED) is 0.775. The predicted octanol–water partition coefficient (Wildman–Crippen LogP) is 1.43. The van der Waals surface area contributed by atoms with Crippen LogP contribution in [-0.2, 0) is 15.6 Å². The van der Waals surface area contributed by atoms with E-state index in [0.29, 0.717) is 38.1 Å². The molecule has 2 amide bonds. The third kappa shape index (κ3) is 4.98. The topological polar surface area (TPSA) is 86.7 Å². The van der Waals surface area contributed by atoms with Crippen LogP contribution in [0, 0.1) is 5.41 Å². The molecule has 0 bridgehead atoms. The van der Waals surface area contributed by atoms with E-state index in [1.807, 2.05) is 13.8 Å². The van der Waals surface area contributed by atoms with Gasteiger partial charge in [0.1, 0.15) is 0 Å². The summed E-state index contributed by atoms with van der Waals surface area (Å²) < 4.78 is 11.1. The van der Waals surface area contributed by atoms with Crippen LogP contribution in [0.1, 0.15) is 39.5 Å². The molecule has 2 unspecified atom stereocenters. The highest BCUT2D eigenvalue weighted by atomic mass is 32.2. The number of amides is 2. The molecule has 0 radical (unpaired) electrons. The van der Waals surface area contributed by atoms with Gasteiger partial charge in [0.15, 0.2) is 0 Å². The lowest BCUT2D eigenvalue weighted by Gasteiger charge is -2.39. The third-order valence-electron chi connectivity index (χ3n) is 4.04. The van der Waals surface area contributed by atoms with E-state index in [-0.39, 0.29) is 12.1 Å². The van der Waals surface area contributed by atoms with Gasteiger partial charge in [-0.25, -0.2) is 4.79 Å². The summed E-state index contributed by atoms with van der Waals surface area (Å²) in [5.41, 5.74) is -0.679. The molecule has 0 aromatic carbocycles. The Morgan fingerprint density at radius 2 is 1.95 bits per heavy atom. The van der Waals surface area contributed by atoms with Crippen LogP contribution in [0.25, 0.3) is 0 Å². The van der Waals surface area contributed by atoms with E-state index in [4.69, 9.17) is 0 Å². The standard InChI is InChI=1S/C14H26N2O4S/c1-4-5-14(12(17)18)6-8-16(9-7-14)13(19)15-11(2)10-21(3)20/h11H,4-10H2,1-3H3,(H,15,19)(H,17,18). The average Bonchev–Trinajstić information content (AvgIpc) is 2.38. The summed E-state index contributed by atoms with van der Waals surface area (Å²) in [4.78, 5) is 25.2. The van der Waals surface area contributed by atoms with Gasteiger partial charge in [0.05, 0.1) is 5.41 Å². The number of carbonyl (C=O) groups is 2. The van der Waals surface area contributed by atoms with Crippen molar-refractivity contribution >= 4 is 22.8 Å². The van der Waals surface area contributed by atoms with Crippen LogP contribution in [0.4, 0.5) is 4.79 Å². The Morgan fingerprint density at radius 1 is 1.38 bits per heavy atom. The van der Waals surface area contributed by atoms with E-state index in [1.165, 1.54) is 0 Å². The fraction of sp³-hybridized carbons (Fsp3) is 0.857. The van der Waals surface area contributed by atoms with Gasteiger partial charge in [0.25, 0.3) is 0 Å². The zero-order valence-electron chi connectivity index (χ0n) is 13.1. The summed E-state index contributed by atoms with van der Waals surface area (Å²) in [7, 11) is -0.949. The zero-order chi connectivity index (χ0) is 16.0. The van der Waals surface area contributed by atoms with Gasteiger partial charge in [-0.15, -0.1) is 0 Å². The number of nitrogens with one attached hydrogen (secondary N) is 1. The number of hydrogen-bond acceptors (Lipinski definition) is 3. The molecule has 1 heterocycles. The number of aliphatic carboxylic acids is 1. The van der Waals surface area contributed by atoms with Crippen LogP contribution < -0.4 is 5.32 Å². The smallest absolute Gasteiger partial charge is 0.317 e. The van der Waals surface area contributed by atoms with Crippen LogP contribution in [0.2, 0.25) is 0 Å². The first-order valence-electron chi connectivity index (χ1n) is 7.39. The molecular weight excluding hydrogens is 292 g/mol. The summed E-state index contributed by atoms with van der Waals surface area (Å²) in [6.45, 7) is 4.72. The molecule has 7 heteroatoms. The van der Waals surface area contributed by atoms with Gasteiger partial charge in [-0.05, 0) is 26.2 Å². The predicted molar refractivity (Wildman–Crippen MR) is 82.7 cm³/mol. The molecule has 2 atom stereocenters. The lowest BCUT2D eigenvalue weighted by molar-refractivity contribution is -0.152. The second-order valence-electron chi connectivity index (χ2n) is 5.91. The highest BCUT2D eigenvalue weighted by Crippen LogP contribution is 2.36. The fourth-order valence-electron chi connectivity index (χ4n) is 2.88. The van der Waals surface area contributed by atoms with Crippen LogP contribution in [0.15, 0.2) is 0 Å². The van der Waals surface area contributed by atoms with Crippen molar-refractivity contribution in [3.8, 4) is 0 Å². The van der Waals surface area contributed by atoms with Crippen molar-refractivity contribution < 1.29 is 18.9 Å². The van der Waals surface area contributed by atoms with Gasteiger partial charge in [-0.2, -0.15) is 0 Å². The molecule has 1 aliphatic rings. The second-order valence-corrected chi connectivity index (χ2v) is 7.39. The molecule has 0 saturated carbocycles. The first-order valence-corrected chi connectivity index (χ1v) is 9.12. The van der Waals surface area contributed by atoms with Gasteiger partial charge < -0.3 is 15.3 Å². The molecule has 1 rings (SSSR count). The van der Waals surface area contributed by atoms with Gasteiger partial charge in [0.2, 0.25) is 0 Å². The van der Waals surface area contributed by atoms with Gasteiger partial charge >= 0.3 is 12.0 Å². The third-order valence-corrected chi connectivity index (χ3v) is 5.01. The molecule has 122 valence electrons. The number of carbonyl (C=O) groups excluding carboxylic acids is 1. The summed E-state index contributed by atoms with van der Waals surface area (Å²) in [6.07, 6.45) is 4.09. The van der Waals surface area contributed by atoms with Gasteiger partial charge in [-0.3, -0.25) is 9.00 Å². The Morgan fingerprint density at radius 3 is 2.38 bits per heavy atom. The Kier molecular flexibility index (Phi) is 6.64.